The summed E-state index contributed by atoms with van der Waals surface area (Å²) in [7, 11) is 0. The molecule has 0 bridgehead atoms. The van der Waals surface area contributed by atoms with E-state index in [0.717, 1.165) is 33.1 Å². The predicted molar refractivity (Wildman–Crippen MR) is 192 cm³/mol. The standard InChI is InChI=1S/C42H25NOS/c1-4-10-37-31(7-1)34-24-35-32-8-2-5-11-39(32)44-40(35)25-38(34)43(37)30-20-17-27(18-21-30)26-13-15-28(16-14-26)29-19-22-42-36(23-29)33-9-3-6-12-41(33)45-42/h1-25H. The summed E-state index contributed by atoms with van der Waals surface area (Å²) in [5.74, 6) is 0. The van der Waals surface area contributed by atoms with E-state index in [1.807, 2.05) is 23.5 Å². The molecule has 0 unspecified atom stereocenters. The fourth-order valence-corrected chi connectivity index (χ4v) is 8.12. The van der Waals surface area contributed by atoms with Gasteiger partial charge in [0.2, 0.25) is 0 Å². The van der Waals surface area contributed by atoms with Crippen LogP contribution in [0.5, 0.6) is 0 Å². The molecule has 0 radical (unpaired) electrons. The van der Waals surface area contributed by atoms with Crippen molar-refractivity contribution in [2.75, 3.05) is 0 Å². The summed E-state index contributed by atoms with van der Waals surface area (Å²) in [5, 5.41) is 7.46. The number of rotatable bonds is 3. The van der Waals surface area contributed by atoms with E-state index >= 15 is 0 Å². The highest BCUT2D eigenvalue weighted by molar-refractivity contribution is 7.25. The number of hydrogen-bond donors (Lipinski definition) is 0. The van der Waals surface area contributed by atoms with Crippen LogP contribution in [0.25, 0.3) is 91.9 Å². The van der Waals surface area contributed by atoms with Crippen LogP contribution >= 0.6 is 11.3 Å². The summed E-state index contributed by atoms with van der Waals surface area (Å²) >= 11 is 1.86. The van der Waals surface area contributed by atoms with Gasteiger partial charge in [-0.05, 0) is 70.8 Å². The van der Waals surface area contributed by atoms with E-state index in [-0.39, 0.29) is 0 Å². The Morgan fingerprint density at radius 1 is 0.378 bits per heavy atom. The van der Waals surface area contributed by atoms with Gasteiger partial charge in [-0.1, -0.05) is 97.1 Å². The smallest absolute Gasteiger partial charge is 0.137 e. The van der Waals surface area contributed by atoms with Gasteiger partial charge in [0.1, 0.15) is 11.2 Å². The number of aromatic nitrogens is 1. The van der Waals surface area contributed by atoms with Crippen molar-refractivity contribution >= 4 is 75.3 Å². The maximum absolute atomic E-state index is 6.29. The van der Waals surface area contributed by atoms with Crippen LogP contribution in [0, 0.1) is 0 Å². The topological polar surface area (TPSA) is 18.1 Å². The third-order valence-electron chi connectivity index (χ3n) is 9.22. The van der Waals surface area contributed by atoms with Gasteiger partial charge >= 0.3 is 0 Å². The third-order valence-corrected chi connectivity index (χ3v) is 10.4. The van der Waals surface area contributed by atoms with Crippen molar-refractivity contribution in [2.24, 2.45) is 0 Å². The molecule has 3 aromatic heterocycles. The molecule has 0 fully saturated rings. The second kappa shape index (κ2) is 9.43. The van der Waals surface area contributed by atoms with Gasteiger partial charge in [0.25, 0.3) is 0 Å². The lowest BCUT2D eigenvalue weighted by Crippen LogP contribution is -1.93. The van der Waals surface area contributed by atoms with Crippen molar-refractivity contribution in [3.63, 3.8) is 0 Å². The zero-order chi connectivity index (χ0) is 29.5. The predicted octanol–water partition coefficient (Wildman–Crippen LogP) is 12.4. The minimum Gasteiger partial charge on any atom is -0.456 e. The highest BCUT2D eigenvalue weighted by atomic mass is 32.1. The molecule has 10 rings (SSSR count). The Labute approximate surface area is 263 Å². The monoisotopic (exact) mass is 591 g/mol. The molecule has 7 aromatic carbocycles. The van der Waals surface area contributed by atoms with Gasteiger partial charge in [0, 0.05) is 53.5 Å². The molecule has 45 heavy (non-hydrogen) atoms. The van der Waals surface area contributed by atoms with Crippen LogP contribution in [0.1, 0.15) is 0 Å². The normalized spacial score (nSPS) is 12.0. The average molecular weight is 592 g/mol. The van der Waals surface area contributed by atoms with Gasteiger partial charge in [-0.15, -0.1) is 11.3 Å². The van der Waals surface area contributed by atoms with Crippen molar-refractivity contribution in [2.45, 2.75) is 0 Å². The lowest BCUT2D eigenvalue weighted by Gasteiger charge is -2.10. The summed E-state index contributed by atoms with van der Waals surface area (Å²) in [6.45, 7) is 0. The second-order valence-electron chi connectivity index (χ2n) is 11.7. The number of fused-ring (bicyclic) bond motifs is 9. The van der Waals surface area contributed by atoms with Crippen molar-refractivity contribution in [1.82, 2.24) is 4.57 Å². The Kier molecular flexibility index (Phi) is 5.19. The number of benzene rings is 7. The van der Waals surface area contributed by atoms with E-state index in [1.165, 1.54) is 58.7 Å². The molecule has 2 nitrogen and oxygen atoms in total. The minimum absolute atomic E-state index is 0.913. The number of thiophene rings is 1. The van der Waals surface area contributed by atoms with Crippen LogP contribution in [-0.4, -0.2) is 4.57 Å². The summed E-state index contributed by atoms with van der Waals surface area (Å²) in [5.41, 5.74) is 10.2. The Hall–Kier alpha value is -5.64. The molecular weight excluding hydrogens is 567 g/mol. The summed E-state index contributed by atoms with van der Waals surface area (Å²) in [4.78, 5) is 0. The summed E-state index contributed by atoms with van der Waals surface area (Å²) in [6, 6.07) is 54.8. The quantitative estimate of drug-likeness (QED) is 0.200. The van der Waals surface area contributed by atoms with Crippen LogP contribution in [0.4, 0.5) is 0 Å². The maximum Gasteiger partial charge on any atom is 0.137 e. The molecule has 3 heteroatoms. The van der Waals surface area contributed by atoms with Crippen molar-refractivity contribution in [1.29, 1.82) is 0 Å². The minimum atomic E-state index is 0.913. The Morgan fingerprint density at radius 3 is 1.82 bits per heavy atom. The highest BCUT2D eigenvalue weighted by Crippen LogP contribution is 2.39. The molecule has 0 aliphatic rings. The van der Waals surface area contributed by atoms with E-state index in [2.05, 4.69) is 144 Å². The largest absolute Gasteiger partial charge is 0.456 e. The number of furan rings is 1. The second-order valence-corrected chi connectivity index (χ2v) is 12.8. The van der Waals surface area contributed by atoms with E-state index in [0.29, 0.717) is 0 Å². The number of hydrogen-bond acceptors (Lipinski definition) is 2. The first-order valence-corrected chi connectivity index (χ1v) is 16.1. The van der Waals surface area contributed by atoms with E-state index in [4.69, 9.17) is 4.42 Å². The van der Waals surface area contributed by atoms with Gasteiger partial charge in [-0.3, -0.25) is 0 Å². The Bertz CT molecular complexity index is 2740. The molecule has 10 aromatic rings. The zero-order valence-electron chi connectivity index (χ0n) is 24.2. The molecule has 0 atom stereocenters. The molecule has 3 heterocycles. The van der Waals surface area contributed by atoms with Gasteiger partial charge in [-0.2, -0.15) is 0 Å². The third kappa shape index (κ3) is 3.75. The molecule has 0 saturated heterocycles. The number of nitrogens with zero attached hydrogens (tertiary/aromatic N) is 1. The molecule has 0 spiro atoms. The molecule has 0 aliphatic carbocycles. The fraction of sp³-hybridized carbons (Fsp3) is 0. The van der Waals surface area contributed by atoms with Crippen molar-refractivity contribution < 1.29 is 4.42 Å². The first-order valence-electron chi connectivity index (χ1n) is 15.3. The lowest BCUT2D eigenvalue weighted by atomic mass is 9.99. The van der Waals surface area contributed by atoms with E-state index in [1.54, 1.807) is 0 Å². The number of para-hydroxylation sites is 2. The molecule has 0 aliphatic heterocycles. The van der Waals surface area contributed by atoms with Gasteiger partial charge in [0.15, 0.2) is 0 Å². The van der Waals surface area contributed by atoms with Gasteiger partial charge in [-0.25, -0.2) is 0 Å². The molecule has 210 valence electrons. The van der Waals surface area contributed by atoms with E-state index in [9.17, 15) is 0 Å². The van der Waals surface area contributed by atoms with Crippen LogP contribution in [0.15, 0.2) is 156 Å². The highest BCUT2D eigenvalue weighted by Gasteiger charge is 2.16. The van der Waals surface area contributed by atoms with Crippen LogP contribution in [-0.2, 0) is 0 Å². The van der Waals surface area contributed by atoms with Crippen LogP contribution in [0.3, 0.4) is 0 Å². The Balaban J connectivity index is 1.04. The first kappa shape index (κ1) is 24.8. The van der Waals surface area contributed by atoms with Crippen molar-refractivity contribution in [3.8, 4) is 27.9 Å². The molecule has 0 amide bonds. The fourth-order valence-electron chi connectivity index (χ4n) is 7.03. The van der Waals surface area contributed by atoms with Crippen LogP contribution in [0.2, 0.25) is 0 Å². The van der Waals surface area contributed by atoms with Crippen LogP contribution < -0.4 is 0 Å². The van der Waals surface area contributed by atoms with Crippen molar-refractivity contribution in [3.05, 3.63) is 152 Å². The summed E-state index contributed by atoms with van der Waals surface area (Å²) in [6.07, 6.45) is 0. The molecular formula is C42H25NOS. The molecule has 0 saturated carbocycles. The average Bonchev–Trinajstić information content (AvgIpc) is 3.76. The summed E-state index contributed by atoms with van der Waals surface area (Å²) < 4.78 is 11.3. The maximum atomic E-state index is 6.29. The first-order chi connectivity index (χ1) is 22.3. The molecule has 0 N–H and O–H groups in total. The van der Waals surface area contributed by atoms with Gasteiger partial charge < -0.3 is 8.98 Å². The lowest BCUT2D eigenvalue weighted by molar-refractivity contribution is 0.669. The zero-order valence-corrected chi connectivity index (χ0v) is 25.0. The van der Waals surface area contributed by atoms with Gasteiger partial charge in [0.05, 0.1) is 11.0 Å². The Morgan fingerprint density at radius 2 is 1.00 bits per heavy atom. The SMILES string of the molecule is c1ccc2c(c1)oc1cc3c(cc12)c1ccccc1n3-c1ccc(-c2ccc(-c3ccc4sc5ccccc5c4c3)cc2)cc1. The van der Waals surface area contributed by atoms with E-state index < -0.39 is 0 Å².